The van der Waals surface area contributed by atoms with Crippen LogP contribution in [0, 0.1) is 5.82 Å². The first-order valence-corrected chi connectivity index (χ1v) is 7.02. The Morgan fingerprint density at radius 2 is 2.21 bits per heavy atom. The van der Waals surface area contributed by atoms with Crippen molar-refractivity contribution in [3.05, 3.63) is 52.8 Å². The second-order valence-corrected chi connectivity index (χ2v) is 5.58. The van der Waals surface area contributed by atoms with Crippen LogP contribution in [0.4, 0.5) is 4.39 Å². The molecule has 1 heterocycles. The molecule has 1 aromatic carbocycles. The number of halogens is 2. The highest BCUT2D eigenvalue weighted by Crippen LogP contribution is 2.21. The largest absolute Gasteiger partial charge is 0.336 e. The zero-order valence-electron chi connectivity index (χ0n) is 11.0. The predicted octanol–water partition coefficient (Wildman–Crippen LogP) is 3.52. The molecule has 3 nitrogen and oxygen atoms in total. The molecule has 0 saturated heterocycles. The molecule has 0 aliphatic rings. The fourth-order valence-electron chi connectivity index (χ4n) is 2.07. The van der Waals surface area contributed by atoms with Gasteiger partial charge < -0.3 is 9.88 Å². The number of hydrogen-bond acceptors (Lipinski definition) is 2. The van der Waals surface area contributed by atoms with Gasteiger partial charge >= 0.3 is 0 Å². The molecule has 102 valence electrons. The molecule has 0 fully saturated rings. The molecule has 1 N–H and O–H groups in total. The number of hydrogen-bond donors (Lipinski definition) is 1. The summed E-state index contributed by atoms with van der Waals surface area (Å²) < 4.78 is 15.7. The van der Waals surface area contributed by atoms with Crippen molar-refractivity contribution in [2.24, 2.45) is 0 Å². The molecule has 0 amide bonds. The van der Waals surface area contributed by atoms with Gasteiger partial charge in [-0.2, -0.15) is 0 Å². The third kappa shape index (κ3) is 3.88. The van der Waals surface area contributed by atoms with Crippen LogP contribution in [0.3, 0.4) is 0 Å². The summed E-state index contributed by atoms with van der Waals surface area (Å²) >= 11 is 3.21. The minimum Gasteiger partial charge on any atom is -0.336 e. The van der Waals surface area contributed by atoms with Crippen molar-refractivity contribution in [3.8, 4) is 0 Å². The van der Waals surface area contributed by atoms with Crippen molar-refractivity contribution in [2.75, 3.05) is 0 Å². The Morgan fingerprint density at radius 1 is 1.42 bits per heavy atom. The Balaban J connectivity index is 1.96. The summed E-state index contributed by atoms with van der Waals surface area (Å²) in [6.45, 7) is 5.05. The van der Waals surface area contributed by atoms with E-state index in [0.29, 0.717) is 10.5 Å². The molecule has 0 spiro atoms. The Hall–Kier alpha value is -1.20. The number of imidazole rings is 1. The van der Waals surface area contributed by atoms with Crippen LogP contribution in [-0.2, 0) is 6.54 Å². The zero-order valence-corrected chi connectivity index (χ0v) is 12.6. The van der Waals surface area contributed by atoms with Crippen molar-refractivity contribution < 1.29 is 4.39 Å². The molecule has 0 radical (unpaired) electrons. The van der Waals surface area contributed by atoms with E-state index < -0.39 is 0 Å². The normalized spacial score (nSPS) is 14.3. The third-order valence-electron chi connectivity index (χ3n) is 3.02. The van der Waals surface area contributed by atoms with E-state index in [-0.39, 0.29) is 11.9 Å². The van der Waals surface area contributed by atoms with Gasteiger partial charge in [-0.25, -0.2) is 9.37 Å². The summed E-state index contributed by atoms with van der Waals surface area (Å²) in [4.78, 5) is 4.02. The highest BCUT2D eigenvalue weighted by atomic mass is 79.9. The molecule has 0 aliphatic heterocycles. The lowest BCUT2D eigenvalue weighted by atomic mass is 10.1. The number of nitrogens with one attached hydrogen (secondary N) is 1. The molecule has 2 rings (SSSR count). The van der Waals surface area contributed by atoms with Crippen molar-refractivity contribution >= 4 is 15.9 Å². The number of nitrogens with zero attached hydrogens (tertiary/aromatic N) is 2. The molecular formula is C14H17BrFN3. The van der Waals surface area contributed by atoms with Crippen LogP contribution in [0.15, 0.2) is 41.4 Å². The monoisotopic (exact) mass is 325 g/mol. The lowest BCUT2D eigenvalue weighted by molar-refractivity contribution is 0.430. The van der Waals surface area contributed by atoms with Crippen LogP contribution >= 0.6 is 15.9 Å². The van der Waals surface area contributed by atoms with E-state index in [4.69, 9.17) is 0 Å². The summed E-state index contributed by atoms with van der Waals surface area (Å²) in [6.07, 6.45) is 5.52. The Morgan fingerprint density at radius 3 is 2.84 bits per heavy atom. The van der Waals surface area contributed by atoms with Gasteiger partial charge in [0.25, 0.3) is 0 Å². The van der Waals surface area contributed by atoms with E-state index in [9.17, 15) is 4.39 Å². The number of rotatable bonds is 5. The second kappa shape index (κ2) is 6.30. The summed E-state index contributed by atoms with van der Waals surface area (Å²) in [6, 6.07) is 5.57. The summed E-state index contributed by atoms with van der Waals surface area (Å²) in [5.41, 5.74) is 1.06. The zero-order chi connectivity index (χ0) is 13.8. The van der Waals surface area contributed by atoms with E-state index in [1.165, 1.54) is 6.07 Å². The van der Waals surface area contributed by atoms with Gasteiger partial charge in [0.1, 0.15) is 5.82 Å². The van der Waals surface area contributed by atoms with Crippen LogP contribution in [-0.4, -0.2) is 15.6 Å². The lowest BCUT2D eigenvalue weighted by Crippen LogP contribution is -2.32. The van der Waals surface area contributed by atoms with Gasteiger partial charge in [0.05, 0.1) is 10.8 Å². The average molecular weight is 326 g/mol. The molecule has 0 saturated carbocycles. The molecule has 5 heteroatoms. The van der Waals surface area contributed by atoms with E-state index in [1.807, 2.05) is 22.9 Å². The van der Waals surface area contributed by atoms with Gasteiger partial charge in [0.2, 0.25) is 0 Å². The van der Waals surface area contributed by atoms with Crippen molar-refractivity contribution in [3.63, 3.8) is 0 Å². The van der Waals surface area contributed by atoms with Gasteiger partial charge in [-0.05, 0) is 47.5 Å². The van der Waals surface area contributed by atoms with E-state index in [2.05, 4.69) is 40.1 Å². The van der Waals surface area contributed by atoms with Crippen molar-refractivity contribution in [1.29, 1.82) is 0 Å². The van der Waals surface area contributed by atoms with Crippen LogP contribution in [0.1, 0.15) is 25.5 Å². The quantitative estimate of drug-likeness (QED) is 0.911. The summed E-state index contributed by atoms with van der Waals surface area (Å²) in [5.74, 6) is -0.234. The minimum atomic E-state index is -0.234. The highest BCUT2D eigenvalue weighted by Gasteiger charge is 2.11. The average Bonchev–Trinajstić information content (AvgIpc) is 2.85. The molecule has 1 aromatic heterocycles. The number of benzene rings is 1. The third-order valence-corrected chi connectivity index (χ3v) is 3.63. The minimum absolute atomic E-state index is 0.162. The Bertz CT molecular complexity index is 527. The van der Waals surface area contributed by atoms with Crippen LogP contribution in [0.2, 0.25) is 0 Å². The molecule has 0 bridgehead atoms. The topological polar surface area (TPSA) is 29.9 Å². The second-order valence-electron chi connectivity index (χ2n) is 4.72. The fourth-order valence-corrected chi connectivity index (χ4v) is 2.46. The van der Waals surface area contributed by atoms with E-state index in [0.717, 1.165) is 12.1 Å². The first kappa shape index (κ1) is 14.2. The fraction of sp³-hybridized carbons (Fsp3) is 0.357. The highest BCUT2D eigenvalue weighted by molar-refractivity contribution is 9.10. The van der Waals surface area contributed by atoms with Gasteiger partial charge in [0, 0.05) is 31.0 Å². The molecule has 2 aromatic rings. The maximum atomic E-state index is 13.2. The van der Waals surface area contributed by atoms with Gasteiger partial charge in [-0.1, -0.05) is 6.07 Å². The van der Waals surface area contributed by atoms with Crippen LogP contribution < -0.4 is 5.32 Å². The predicted molar refractivity (Wildman–Crippen MR) is 77.3 cm³/mol. The van der Waals surface area contributed by atoms with Crippen molar-refractivity contribution in [1.82, 2.24) is 14.9 Å². The molecule has 2 unspecified atom stereocenters. The molecular weight excluding hydrogens is 309 g/mol. The molecule has 19 heavy (non-hydrogen) atoms. The summed E-state index contributed by atoms with van der Waals surface area (Å²) in [5, 5.41) is 3.49. The van der Waals surface area contributed by atoms with E-state index >= 15 is 0 Å². The van der Waals surface area contributed by atoms with Gasteiger partial charge in [-0.15, -0.1) is 0 Å². The summed E-state index contributed by atoms with van der Waals surface area (Å²) in [7, 11) is 0. The van der Waals surface area contributed by atoms with Crippen LogP contribution in [0.25, 0.3) is 0 Å². The van der Waals surface area contributed by atoms with E-state index in [1.54, 1.807) is 12.5 Å². The molecule has 0 aliphatic carbocycles. The Labute approximate surface area is 121 Å². The first-order chi connectivity index (χ1) is 9.06. The van der Waals surface area contributed by atoms with Gasteiger partial charge in [0.15, 0.2) is 0 Å². The molecule has 2 atom stereocenters. The maximum absolute atomic E-state index is 13.2. The van der Waals surface area contributed by atoms with Crippen LogP contribution in [0.5, 0.6) is 0 Å². The number of aromatic nitrogens is 2. The van der Waals surface area contributed by atoms with Gasteiger partial charge in [-0.3, -0.25) is 0 Å². The van der Waals surface area contributed by atoms with Crippen molar-refractivity contribution in [2.45, 2.75) is 32.5 Å². The maximum Gasteiger partial charge on any atom is 0.137 e. The lowest BCUT2D eigenvalue weighted by Gasteiger charge is -2.21. The Kier molecular flexibility index (Phi) is 4.71. The smallest absolute Gasteiger partial charge is 0.137 e. The first-order valence-electron chi connectivity index (χ1n) is 6.23. The standard InChI is InChI=1S/C14H17BrFN3/c1-10(8-19-6-5-17-9-19)18-11(2)12-3-4-14(16)13(15)7-12/h3-7,9-11,18H,8H2,1-2H3. The SMILES string of the molecule is CC(Cn1ccnc1)NC(C)c1ccc(F)c(Br)c1.